The molecule has 124 valence electrons. The van der Waals surface area contributed by atoms with Gasteiger partial charge in [0.05, 0.1) is 5.56 Å². The van der Waals surface area contributed by atoms with Gasteiger partial charge in [0.1, 0.15) is 10.9 Å². The molecule has 3 rings (SSSR count). The molecule has 7 heteroatoms. The van der Waals surface area contributed by atoms with Crippen molar-refractivity contribution in [2.45, 2.75) is 24.8 Å². The summed E-state index contributed by atoms with van der Waals surface area (Å²) in [6.45, 7) is 3.31. The van der Waals surface area contributed by atoms with Crippen LogP contribution >= 0.6 is 0 Å². The fraction of sp³-hybridized carbons (Fsp3) is 0.176. The van der Waals surface area contributed by atoms with Crippen LogP contribution in [-0.4, -0.2) is 30.6 Å². The van der Waals surface area contributed by atoms with Gasteiger partial charge >= 0.3 is 0 Å². The van der Waals surface area contributed by atoms with Crippen LogP contribution in [-0.2, 0) is 14.8 Å². The van der Waals surface area contributed by atoms with Crippen molar-refractivity contribution in [2.24, 2.45) is 0 Å². The van der Waals surface area contributed by atoms with Crippen LogP contribution in [0.2, 0.25) is 0 Å². The Labute approximate surface area is 140 Å². The number of nitrogens with one attached hydrogen (secondary N) is 1. The summed E-state index contributed by atoms with van der Waals surface area (Å²) < 4.78 is 25.8. The molecular formula is C17H16N2O4S. The summed E-state index contributed by atoms with van der Waals surface area (Å²) in [4.78, 5) is 24.8. The Kier molecular flexibility index (Phi) is 3.88. The molecule has 0 unspecified atom stereocenters. The van der Waals surface area contributed by atoms with E-state index in [-0.39, 0.29) is 10.5 Å². The molecule has 1 aliphatic heterocycles. The smallest absolute Gasteiger partial charge is 0.269 e. The van der Waals surface area contributed by atoms with Crippen molar-refractivity contribution in [3.8, 4) is 0 Å². The van der Waals surface area contributed by atoms with Crippen LogP contribution in [0.15, 0.2) is 53.4 Å². The Balaban J connectivity index is 1.87. The summed E-state index contributed by atoms with van der Waals surface area (Å²) in [5.74, 6) is -1.25. The second-order valence-corrected chi connectivity index (χ2v) is 7.42. The summed E-state index contributed by atoms with van der Waals surface area (Å²) in [5.41, 5.74) is 1.67. The molecule has 1 atom stereocenters. The average Bonchev–Trinajstić information content (AvgIpc) is 2.76. The highest BCUT2D eigenvalue weighted by molar-refractivity contribution is 7.90. The summed E-state index contributed by atoms with van der Waals surface area (Å²) in [5, 5.41) is 2.63. The lowest BCUT2D eigenvalue weighted by molar-refractivity contribution is -0.118. The minimum Gasteiger partial charge on any atom is -0.324 e. The molecule has 0 bridgehead atoms. The van der Waals surface area contributed by atoms with Crippen molar-refractivity contribution in [2.75, 3.05) is 5.32 Å². The number of nitrogens with zero attached hydrogens (tertiary/aromatic N) is 1. The number of benzene rings is 2. The van der Waals surface area contributed by atoms with Crippen molar-refractivity contribution in [1.29, 1.82) is 0 Å². The number of amides is 2. The van der Waals surface area contributed by atoms with Gasteiger partial charge in [-0.05, 0) is 38.1 Å². The number of hydrogen-bond acceptors (Lipinski definition) is 4. The first kappa shape index (κ1) is 16.2. The second-order valence-electron chi connectivity index (χ2n) is 5.63. The van der Waals surface area contributed by atoms with Gasteiger partial charge in [0.15, 0.2) is 0 Å². The summed E-state index contributed by atoms with van der Waals surface area (Å²) >= 11 is 0. The molecular weight excluding hydrogens is 328 g/mol. The van der Waals surface area contributed by atoms with Crippen LogP contribution in [0.4, 0.5) is 5.69 Å². The number of fused-ring (bicyclic) bond motifs is 1. The fourth-order valence-corrected chi connectivity index (χ4v) is 4.30. The van der Waals surface area contributed by atoms with E-state index in [0.29, 0.717) is 9.99 Å². The summed E-state index contributed by atoms with van der Waals surface area (Å²) in [6.07, 6.45) is 0. The van der Waals surface area contributed by atoms with Crippen molar-refractivity contribution < 1.29 is 18.0 Å². The third kappa shape index (κ3) is 2.56. The maximum Gasteiger partial charge on any atom is 0.269 e. The zero-order valence-corrected chi connectivity index (χ0v) is 14.0. The molecule has 6 nitrogen and oxygen atoms in total. The Hall–Kier alpha value is -2.67. The van der Waals surface area contributed by atoms with E-state index in [4.69, 9.17) is 0 Å². The number of anilines is 1. The van der Waals surface area contributed by atoms with Crippen molar-refractivity contribution in [3.63, 3.8) is 0 Å². The first-order chi connectivity index (χ1) is 11.3. The van der Waals surface area contributed by atoms with Gasteiger partial charge in [0, 0.05) is 5.69 Å². The van der Waals surface area contributed by atoms with E-state index in [2.05, 4.69) is 5.32 Å². The van der Waals surface area contributed by atoms with Gasteiger partial charge in [-0.2, -0.15) is 0 Å². The molecule has 0 saturated heterocycles. The van der Waals surface area contributed by atoms with E-state index in [9.17, 15) is 18.0 Å². The highest BCUT2D eigenvalue weighted by atomic mass is 32.2. The first-order valence-corrected chi connectivity index (χ1v) is 8.81. The normalized spacial score (nSPS) is 16.6. The maximum atomic E-state index is 12.6. The van der Waals surface area contributed by atoms with Crippen LogP contribution in [0, 0.1) is 6.92 Å². The van der Waals surface area contributed by atoms with Crippen molar-refractivity contribution in [1.82, 2.24) is 4.31 Å². The number of hydrogen-bond donors (Lipinski definition) is 1. The molecule has 0 aromatic heterocycles. The average molecular weight is 344 g/mol. The number of carbonyl (C=O) groups excluding carboxylic acids is 2. The van der Waals surface area contributed by atoms with E-state index in [1.165, 1.54) is 19.1 Å². The molecule has 1 N–H and O–H groups in total. The largest absolute Gasteiger partial charge is 0.324 e. The molecule has 1 aliphatic rings. The highest BCUT2D eigenvalue weighted by Crippen LogP contribution is 2.31. The number of rotatable bonds is 3. The second kappa shape index (κ2) is 5.76. The van der Waals surface area contributed by atoms with Gasteiger partial charge in [-0.1, -0.05) is 29.8 Å². The zero-order valence-electron chi connectivity index (χ0n) is 13.2. The molecule has 0 saturated carbocycles. The standard InChI is InChI=1S/C17H16N2O4S/c1-11-7-9-13(10-8-11)18-16(20)12(2)19-17(21)14-5-3-4-6-15(14)24(19,22)23/h3-10,12H,1-2H3,(H,18,20)/t12-/m0/s1. The minimum atomic E-state index is -4.02. The van der Waals surface area contributed by atoms with Gasteiger partial charge in [0.25, 0.3) is 15.9 Å². The topological polar surface area (TPSA) is 83.6 Å². The van der Waals surface area contributed by atoms with E-state index in [1.807, 2.05) is 19.1 Å². The van der Waals surface area contributed by atoms with E-state index >= 15 is 0 Å². The SMILES string of the molecule is Cc1ccc(NC(=O)[C@H](C)N2C(=O)c3ccccc3S2(=O)=O)cc1. The first-order valence-electron chi connectivity index (χ1n) is 7.37. The Morgan fingerprint density at radius 3 is 2.33 bits per heavy atom. The summed E-state index contributed by atoms with van der Waals surface area (Å²) in [6, 6.07) is 11.9. The van der Waals surface area contributed by atoms with Gasteiger partial charge in [0.2, 0.25) is 5.91 Å². The van der Waals surface area contributed by atoms with Gasteiger partial charge in [-0.15, -0.1) is 0 Å². The molecule has 0 aliphatic carbocycles. The molecule has 0 radical (unpaired) electrons. The van der Waals surface area contributed by atoms with Gasteiger partial charge < -0.3 is 5.32 Å². The Bertz CT molecular complexity index is 920. The third-order valence-electron chi connectivity index (χ3n) is 3.90. The highest BCUT2D eigenvalue weighted by Gasteiger charge is 2.45. The van der Waals surface area contributed by atoms with E-state index in [0.717, 1.165) is 5.56 Å². The Morgan fingerprint density at radius 2 is 1.71 bits per heavy atom. The van der Waals surface area contributed by atoms with Crippen molar-refractivity contribution >= 4 is 27.5 Å². The van der Waals surface area contributed by atoms with Crippen LogP contribution < -0.4 is 5.32 Å². The van der Waals surface area contributed by atoms with Gasteiger partial charge in [-0.3, -0.25) is 9.59 Å². The van der Waals surface area contributed by atoms with Crippen LogP contribution in [0.1, 0.15) is 22.8 Å². The lowest BCUT2D eigenvalue weighted by Crippen LogP contribution is -2.45. The van der Waals surface area contributed by atoms with Crippen LogP contribution in [0.5, 0.6) is 0 Å². The molecule has 1 heterocycles. The van der Waals surface area contributed by atoms with Gasteiger partial charge in [-0.25, -0.2) is 12.7 Å². The molecule has 0 fully saturated rings. The molecule has 24 heavy (non-hydrogen) atoms. The number of sulfonamides is 1. The number of aryl methyl sites for hydroxylation is 1. The quantitative estimate of drug-likeness (QED) is 0.925. The third-order valence-corrected chi connectivity index (χ3v) is 5.82. The number of carbonyl (C=O) groups is 2. The predicted molar refractivity (Wildman–Crippen MR) is 89.1 cm³/mol. The lowest BCUT2D eigenvalue weighted by atomic mass is 10.2. The Morgan fingerprint density at radius 1 is 1.08 bits per heavy atom. The molecule has 2 aromatic carbocycles. The van der Waals surface area contributed by atoms with Crippen LogP contribution in [0.25, 0.3) is 0 Å². The fourth-order valence-electron chi connectivity index (χ4n) is 2.58. The van der Waals surface area contributed by atoms with E-state index in [1.54, 1.807) is 24.3 Å². The minimum absolute atomic E-state index is 0.0648. The molecule has 0 spiro atoms. The summed E-state index contributed by atoms with van der Waals surface area (Å²) in [7, 11) is -4.02. The lowest BCUT2D eigenvalue weighted by Gasteiger charge is -2.22. The van der Waals surface area contributed by atoms with Crippen LogP contribution in [0.3, 0.4) is 0 Å². The van der Waals surface area contributed by atoms with E-state index < -0.39 is 27.9 Å². The zero-order chi connectivity index (χ0) is 17.5. The monoisotopic (exact) mass is 344 g/mol. The molecule has 2 aromatic rings. The molecule has 2 amide bonds. The predicted octanol–water partition coefficient (Wildman–Crippen LogP) is 2.17. The maximum absolute atomic E-state index is 12.6. The van der Waals surface area contributed by atoms with Crippen molar-refractivity contribution in [3.05, 3.63) is 59.7 Å².